The Bertz CT molecular complexity index is 61.4. The number of methoxy groups -OCH3 is 1. The summed E-state index contributed by atoms with van der Waals surface area (Å²) in [5.41, 5.74) is 0. The Kier molecular flexibility index (Phi) is 19.3. The van der Waals surface area contributed by atoms with Crippen LogP contribution < -0.4 is 0 Å². The largest absolute Gasteiger partial charge is 0.522 e. The molecule has 0 radical (unpaired) electrons. The molecule has 0 amide bonds. The third-order valence-corrected chi connectivity index (χ3v) is 0.231. The Morgan fingerprint density at radius 3 is 1.17 bits per heavy atom. The molecule has 0 aromatic heterocycles. The van der Waals surface area contributed by atoms with Crippen molar-refractivity contribution in [1.82, 2.24) is 0 Å². The Labute approximate surface area is 66.3 Å². The number of ether oxygens (including phenoxy) is 1. The highest BCUT2D eigenvalue weighted by molar-refractivity contribution is 4.15. The maximum Gasteiger partial charge on any atom is 0.522 e. The van der Waals surface area contributed by atoms with E-state index in [4.69, 9.17) is 0 Å². The van der Waals surface area contributed by atoms with Crippen molar-refractivity contribution in [2.75, 3.05) is 20.7 Å². The van der Waals surface area contributed by atoms with Gasteiger partial charge in [0.15, 0.2) is 0 Å². The molecule has 0 N–H and O–H groups in total. The Morgan fingerprint density at radius 1 is 1.08 bits per heavy atom. The minimum absolute atomic E-state index is 0.250. The zero-order valence-electron chi connectivity index (χ0n) is 6.59. The minimum atomic E-state index is -4.46. The molecule has 0 aliphatic heterocycles. The van der Waals surface area contributed by atoms with Crippen molar-refractivity contribution < 1.29 is 31.1 Å². The molecule has 0 aliphatic rings. The fraction of sp³-hybridized carbons (Fsp3) is 1.00. The molecular formula is C5H10F6O. The van der Waals surface area contributed by atoms with Gasteiger partial charge in [-0.25, -0.2) is 8.78 Å². The molecule has 0 aromatic rings. The number of halogens is 6. The van der Waals surface area contributed by atoms with E-state index in [1.165, 1.54) is 6.92 Å². The number of hydrogen-bond acceptors (Lipinski definition) is 1. The summed E-state index contributed by atoms with van der Waals surface area (Å²) >= 11 is 0. The van der Waals surface area contributed by atoms with Crippen molar-refractivity contribution in [2.45, 2.75) is 13.3 Å². The zero-order chi connectivity index (χ0) is 10.6. The second-order valence-corrected chi connectivity index (χ2v) is 1.02. The van der Waals surface area contributed by atoms with Gasteiger partial charge in [-0.2, -0.15) is 0 Å². The highest BCUT2D eigenvalue weighted by atomic mass is 19.4. The molecule has 0 aromatic carbocycles. The van der Waals surface area contributed by atoms with Crippen LogP contribution in [0.2, 0.25) is 0 Å². The van der Waals surface area contributed by atoms with Crippen LogP contribution in [-0.4, -0.2) is 27.1 Å². The van der Waals surface area contributed by atoms with E-state index >= 15 is 0 Å². The average Bonchev–Trinajstić information content (AvgIpc) is 1.90. The van der Waals surface area contributed by atoms with Gasteiger partial charge in [-0.3, -0.25) is 9.13 Å². The zero-order valence-corrected chi connectivity index (χ0v) is 6.59. The van der Waals surface area contributed by atoms with Gasteiger partial charge in [-0.1, -0.05) is 0 Å². The van der Waals surface area contributed by atoms with E-state index in [-0.39, 0.29) is 6.67 Å². The Morgan fingerprint density at radius 2 is 1.17 bits per heavy atom. The molecule has 7 heteroatoms. The van der Waals surface area contributed by atoms with Gasteiger partial charge in [0.05, 0.1) is 6.67 Å². The summed E-state index contributed by atoms with van der Waals surface area (Å²) in [5, 5.41) is 0. The molecule has 78 valence electrons. The van der Waals surface area contributed by atoms with Gasteiger partial charge in [0.2, 0.25) is 6.93 Å². The summed E-state index contributed by atoms with van der Waals surface area (Å²) < 4.78 is 64.2. The second kappa shape index (κ2) is 13.2. The molecule has 0 saturated carbocycles. The first-order valence-corrected chi connectivity index (χ1v) is 2.69. The molecule has 0 saturated heterocycles. The van der Waals surface area contributed by atoms with Crippen LogP contribution in [0.1, 0.15) is 6.92 Å². The molecule has 0 bridgehead atoms. The Hall–Kier alpha value is -0.460. The van der Waals surface area contributed by atoms with Crippen LogP contribution in [0.5, 0.6) is 0 Å². The fourth-order valence-electron chi connectivity index (χ4n) is 0. The summed E-state index contributed by atoms with van der Waals surface area (Å²) in [7, 11) is 0.583. The molecule has 0 spiro atoms. The summed E-state index contributed by atoms with van der Waals surface area (Å²) in [6.07, 6.45) is -4.46. The van der Waals surface area contributed by atoms with Crippen molar-refractivity contribution >= 4 is 0 Å². The number of hydrogen-bond donors (Lipinski definition) is 0. The SMILES string of the molecule is CCF.COC(F)(F)F.FCF. The van der Waals surface area contributed by atoms with Gasteiger partial charge < -0.3 is 0 Å². The van der Waals surface area contributed by atoms with Gasteiger partial charge in [0.1, 0.15) is 0 Å². The lowest BCUT2D eigenvalue weighted by Gasteiger charge is -1.97. The van der Waals surface area contributed by atoms with Gasteiger partial charge in [0.25, 0.3) is 0 Å². The predicted molar refractivity (Wildman–Crippen MR) is 31.8 cm³/mol. The van der Waals surface area contributed by atoms with E-state index in [1.807, 2.05) is 0 Å². The highest BCUT2D eigenvalue weighted by Gasteiger charge is 2.25. The third kappa shape index (κ3) is 108. The van der Waals surface area contributed by atoms with Crippen LogP contribution in [0.3, 0.4) is 0 Å². The van der Waals surface area contributed by atoms with Crippen LogP contribution in [0, 0.1) is 0 Å². The maximum absolute atomic E-state index is 10.6. The summed E-state index contributed by atoms with van der Waals surface area (Å²) in [6, 6.07) is 0. The summed E-state index contributed by atoms with van der Waals surface area (Å²) in [5.74, 6) is 0. The summed E-state index contributed by atoms with van der Waals surface area (Å²) in [4.78, 5) is 0. The molecule has 0 aliphatic carbocycles. The molecule has 12 heavy (non-hydrogen) atoms. The standard InChI is InChI=1S/C2H3F3O.C2H5F.CH2F2/c1-6-2(3,4)5;1-2-3;2-1-3/h1H3;2H2,1H3;1H2. The molecule has 0 heterocycles. The smallest absolute Gasteiger partial charge is 0.295 e. The first-order chi connectivity index (χ1) is 5.39. The first kappa shape index (κ1) is 17.6. The predicted octanol–water partition coefficient (Wildman–Crippen LogP) is 3.01. The van der Waals surface area contributed by atoms with E-state index in [1.54, 1.807) is 0 Å². The lowest BCUT2D eigenvalue weighted by molar-refractivity contribution is -0.311. The molecule has 0 rings (SSSR count). The van der Waals surface area contributed by atoms with Crippen molar-refractivity contribution in [2.24, 2.45) is 0 Å². The van der Waals surface area contributed by atoms with Gasteiger partial charge in [-0.15, -0.1) is 13.2 Å². The van der Waals surface area contributed by atoms with Crippen LogP contribution in [0.25, 0.3) is 0 Å². The van der Waals surface area contributed by atoms with Crippen LogP contribution >= 0.6 is 0 Å². The van der Waals surface area contributed by atoms with Gasteiger partial charge in [-0.05, 0) is 6.92 Å². The van der Waals surface area contributed by atoms with E-state index in [2.05, 4.69) is 4.74 Å². The highest BCUT2D eigenvalue weighted by Crippen LogP contribution is 2.13. The Balaban J connectivity index is -0.000000115. The topological polar surface area (TPSA) is 9.23 Å². The molecular weight excluding hydrogens is 190 g/mol. The molecule has 0 unspecified atom stereocenters. The summed E-state index contributed by atoms with van der Waals surface area (Å²) in [6.45, 7) is -0.542. The van der Waals surface area contributed by atoms with Crippen molar-refractivity contribution in [3.8, 4) is 0 Å². The van der Waals surface area contributed by atoms with Crippen molar-refractivity contribution in [3.63, 3.8) is 0 Å². The monoisotopic (exact) mass is 200 g/mol. The van der Waals surface area contributed by atoms with Crippen LogP contribution in [-0.2, 0) is 4.74 Å². The van der Waals surface area contributed by atoms with Crippen LogP contribution in [0.15, 0.2) is 0 Å². The fourth-order valence-corrected chi connectivity index (χ4v) is 0. The molecule has 1 nitrogen and oxygen atoms in total. The first-order valence-electron chi connectivity index (χ1n) is 2.69. The number of alkyl halides is 6. The van der Waals surface area contributed by atoms with E-state index in [0.717, 1.165) is 0 Å². The lowest BCUT2D eigenvalue weighted by Crippen LogP contribution is -2.08. The molecule has 0 fully saturated rings. The van der Waals surface area contributed by atoms with Crippen molar-refractivity contribution in [1.29, 1.82) is 0 Å². The normalized spacial score (nSPS) is 9.00. The quantitative estimate of drug-likeness (QED) is 0.546. The molecule has 0 atom stereocenters. The van der Waals surface area contributed by atoms with Gasteiger partial charge in [0, 0.05) is 7.11 Å². The average molecular weight is 200 g/mol. The van der Waals surface area contributed by atoms with Gasteiger partial charge >= 0.3 is 6.36 Å². The van der Waals surface area contributed by atoms with E-state index < -0.39 is 13.3 Å². The van der Waals surface area contributed by atoms with Crippen molar-refractivity contribution in [3.05, 3.63) is 0 Å². The second-order valence-electron chi connectivity index (χ2n) is 1.02. The van der Waals surface area contributed by atoms with E-state index in [0.29, 0.717) is 7.11 Å². The van der Waals surface area contributed by atoms with Crippen LogP contribution in [0.4, 0.5) is 26.3 Å². The minimum Gasteiger partial charge on any atom is -0.295 e. The number of rotatable bonds is 0. The lowest BCUT2D eigenvalue weighted by atomic mass is 10.9. The third-order valence-electron chi connectivity index (χ3n) is 0.231. The van der Waals surface area contributed by atoms with E-state index in [9.17, 15) is 26.3 Å². The maximum atomic E-state index is 10.6.